The first kappa shape index (κ1) is 11.1. The molecule has 0 saturated carbocycles. The maximum atomic E-state index is 8.73. The Hall–Kier alpha value is -0.960. The van der Waals surface area contributed by atoms with E-state index in [-0.39, 0.29) is 6.61 Å². The van der Waals surface area contributed by atoms with Crippen LogP contribution in [0.15, 0.2) is 23.7 Å². The van der Waals surface area contributed by atoms with E-state index >= 15 is 0 Å². The molecule has 0 heterocycles. The molecule has 3 heteroatoms. The van der Waals surface area contributed by atoms with Gasteiger partial charge in [0.25, 0.3) is 0 Å². The minimum atomic E-state index is 0.257. The summed E-state index contributed by atoms with van der Waals surface area (Å²) in [6.07, 6.45) is 6.93. The van der Waals surface area contributed by atoms with Crippen molar-refractivity contribution in [3.8, 4) is 0 Å². The fraction of sp³-hybridized carbons (Fsp3) is 0.636. The zero-order valence-electron chi connectivity index (χ0n) is 8.82. The van der Waals surface area contributed by atoms with Gasteiger partial charge >= 0.3 is 0 Å². The van der Waals surface area contributed by atoms with E-state index in [2.05, 4.69) is 6.08 Å². The van der Waals surface area contributed by atoms with Gasteiger partial charge in [0.05, 0.1) is 14.2 Å². The fourth-order valence-corrected chi connectivity index (χ4v) is 1.63. The summed E-state index contributed by atoms with van der Waals surface area (Å²) in [7, 11) is 3.29. The molecule has 1 aliphatic carbocycles. The first-order valence-corrected chi connectivity index (χ1v) is 4.93. The molecular weight excluding hydrogens is 180 g/mol. The topological polar surface area (TPSA) is 38.7 Å². The predicted molar refractivity (Wildman–Crippen MR) is 54.6 cm³/mol. The van der Waals surface area contributed by atoms with Gasteiger partial charge in [0, 0.05) is 6.61 Å². The van der Waals surface area contributed by atoms with Crippen LogP contribution in [-0.2, 0) is 9.47 Å². The largest absolute Gasteiger partial charge is 0.493 e. The SMILES string of the molecule is COC1=CCC(CCCO)C=C1OC. The van der Waals surface area contributed by atoms with E-state index in [1.54, 1.807) is 14.2 Å². The zero-order chi connectivity index (χ0) is 10.4. The number of allylic oxidation sites excluding steroid dienone is 2. The van der Waals surface area contributed by atoms with Gasteiger partial charge in [0.15, 0.2) is 11.5 Å². The third-order valence-electron chi connectivity index (χ3n) is 2.41. The lowest BCUT2D eigenvalue weighted by molar-refractivity contribution is 0.210. The van der Waals surface area contributed by atoms with Gasteiger partial charge in [-0.15, -0.1) is 0 Å². The summed E-state index contributed by atoms with van der Waals surface area (Å²) in [6, 6.07) is 0. The maximum absolute atomic E-state index is 8.73. The van der Waals surface area contributed by atoms with Crippen LogP contribution < -0.4 is 0 Å². The van der Waals surface area contributed by atoms with Gasteiger partial charge in [-0.1, -0.05) is 0 Å². The molecule has 0 radical (unpaired) electrons. The molecule has 0 spiro atoms. The van der Waals surface area contributed by atoms with Crippen LogP contribution in [0.25, 0.3) is 0 Å². The normalized spacial score (nSPS) is 21.2. The van der Waals surface area contributed by atoms with Crippen molar-refractivity contribution in [2.45, 2.75) is 19.3 Å². The van der Waals surface area contributed by atoms with Gasteiger partial charge in [-0.2, -0.15) is 0 Å². The summed E-state index contributed by atoms with van der Waals surface area (Å²) >= 11 is 0. The van der Waals surface area contributed by atoms with Crippen molar-refractivity contribution in [3.05, 3.63) is 23.7 Å². The predicted octanol–water partition coefficient (Wildman–Crippen LogP) is 1.84. The number of aliphatic hydroxyl groups excluding tert-OH is 1. The molecule has 0 aromatic heterocycles. The Balaban J connectivity index is 2.54. The van der Waals surface area contributed by atoms with Gasteiger partial charge in [0.1, 0.15) is 0 Å². The molecule has 14 heavy (non-hydrogen) atoms. The molecule has 1 N–H and O–H groups in total. The highest BCUT2D eigenvalue weighted by molar-refractivity contribution is 5.25. The Bertz CT molecular complexity index is 231. The molecule has 1 unspecified atom stereocenters. The Kier molecular flexibility index (Phi) is 4.53. The van der Waals surface area contributed by atoms with Gasteiger partial charge in [-0.05, 0) is 37.3 Å². The summed E-state index contributed by atoms with van der Waals surface area (Å²) in [5.74, 6) is 2.09. The third-order valence-corrected chi connectivity index (χ3v) is 2.41. The Morgan fingerprint density at radius 2 is 2.07 bits per heavy atom. The van der Waals surface area contributed by atoms with Crippen LogP contribution in [0.5, 0.6) is 0 Å². The van der Waals surface area contributed by atoms with Crippen molar-refractivity contribution in [2.24, 2.45) is 5.92 Å². The highest BCUT2D eigenvalue weighted by Gasteiger charge is 2.16. The minimum Gasteiger partial charge on any atom is -0.493 e. The molecule has 0 amide bonds. The highest BCUT2D eigenvalue weighted by Crippen LogP contribution is 2.26. The van der Waals surface area contributed by atoms with Crippen molar-refractivity contribution in [1.29, 1.82) is 0 Å². The molecule has 0 saturated heterocycles. The number of ether oxygens (including phenoxy) is 2. The Labute approximate surface area is 85.0 Å². The van der Waals surface area contributed by atoms with E-state index in [0.29, 0.717) is 5.92 Å². The summed E-state index contributed by atoms with van der Waals surface area (Å²) in [5, 5.41) is 8.73. The minimum absolute atomic E-state index is 0.257. The summed E-state index contributed by atoms with van der Waals surface area (Å²) in [5.41, 5.74) is 0. The molecule has 0 aliphatic heterocycles. The fourth-order valence-electron chi connectivity index (χ4n) is 1.63. The average Bonchev–Trinajstić information content (AvgIpc) is 2.25. The van der Waals surface area contributed by atoms with Gasteiger partial charge in [0.2, 0.25) is 0 Å². The lowest BCUT2D eigenvalue weighted by atomic mass is 9.94. The molecule has 1 atom stereocenters. The number of hydrogen-bond donors (Lipinski definition) is 1. The van der Waals surface area contributed by atoms with Crippen LogP contribution in [0.4, 0.5) is 0 Å². The maximum Gasteiger partial charge on any atom is 0.156 e. The van der Waals surface area contributed by atoms with Crippen molar-refractivity contribution >= 4 is 0 Å². The smallest absolute Gasteiger partial charge is 0.156 e. The van der Waals surface area contributed by atoms with Gasteiger partial charge in [-0.25, -0.2) is 0 Å². The summed E-state index contributed by atoms with van der Waals surface area (Å²) in [4.78, 5) is 0. The second kappa shape index (κ2) is 5.70. The second-order valence-electron chi connectivity index (χ2n) is 3.37. The van der Waals surface area contributed by atoms with E-state index < -0.39 is 0 Å². The molecule has 0 bridgehead atoms. The number of aliphatic hydroxyl groups is 1. The van der Waals surface area contributed by atoms with Crippen LogP contribution in [0.1, 0.15) is 19.3 Å². The molecule has 80 valence electrons. The van der Waals surface area contributed by atoms with Crippen LogP contribution in [0, 0.1) is 5.92 Å². The molecule has 1 aliphatic rings. The Morgan fingerprint density at radius 1 is 1.36 bits per heavy atom. The third kappa shape index (κ3) is 2.77. The van der Waals surface area contributed by atoms with Crippen molar-refractivity contribution in [2.75, 3.05) is 20.8 Å². The lowest BCUT2D eigenvalue weighted by Gasteiger charge is -2.19. The van der Waals surface area contributed by atoms with E-state index in [1.807, 2.05) is 6.08 Å². The monoisotopic (exact) mass is 198 g/mol. The van der Waals surface area contributed by atoms with Crippen molar-refractivity contribution in [3.63, 3.8) is 0 Å². The quantitative estimate of drug-likeness (QED) is 0.732. The zero-order valence-corrected chi connectivity index (χ0v) is 8.82. The molecule has 1 rings (SSSR count). The first-order chi connectivity index (χ1) is 6.81. The van der Waals surface area contributed by atoms with Crippen LogP contribution in [0.3, 0.4) is 0 Å². The van der Waals surface area contributed by atoms with Crippen molar-refractivity contribution in [1.82, 2.24) is 0 Å². The average molecular weight is 198 g/mol. The number of rotatable bonds is 5. The van der Waals surface area contributed by atoms with Gasteiger partial charge in [-0.3, -0.25) is 0 Å². The van der Waals surface area contributed by atoms with Crippen LogP contribution in [-0.4, -0.2) is 25.9 Å². The van der Waals surface area contributed by atoms with Crippen LogP contribution in [0.2, 0.25) is 0 Å². The lowest BCUT2D eigenvalue weighted by Crippen LogP contribution is -2.07. The highest BCUT2D eigenvalue weighted by atomic mass is 16.5. The molecule has 0 aromatic rings. The first-order valence-electron chi connectivity index (χ1n) is 4.93. The van der Waals surface area contributed by atoms with E-state index in [9.17, 15) is 0 Å². The molecule has 0 aromatic carbocycles. The van der Waals surface area contributed by atoms with E-state index in [1.165, 1.54) is 0 Å². The standard InChI is InChI=1S/C11H18O3/c1-13-10-6-5-9(4-3-7-12)8-11(10)14-2/h6,8-9,12H,3-5,7H2,1-2H3. The van der Waals surface area contributed by atoms with Gasteiger partial charge < -0.3 is 14.6 Å². The summed E-state index contributed by atoms with van der Waals surface area (Å²) < 4.78 is 10.4. The molecule has 3 nitrogen and oxygen atoms in total. The molecule has 0 fully saturated rings. The van der Waals surface area contributed by atoms with Crippen LogP contribution >= 0.6 is 0 Å². The second-order valence-corrected chi connectivity index (χ2v) is 3.37. The van der Waals surface area contributed by atoms with E-state index in [0.717, 1.165) is 30.8 Å². The number of methoxy groups -OCH3 is 2. The number of hydrogen-bond acceptors (Lipinski definition) is 3. The Morgan fingerprint density at radius 3 is 2.64 bits per heavy atom. The van der Waals surface area contributed by atoms with E-state index in [4.69, 9.17) is 14.6 Å². The van der Waals surface area contributed by atoms with Crippen molar-refractivity contribution < 1.29 is 14.6 Å². The summed E-state index contributed by atoms with van der Waals surface area (Å²) in [6.45, 7) is 0.257. The molecular formula is C11H18O3.